The van der Waals surface area contributed by atoms with Crippen molar-refractivity contribution in [1.29, 1.82) is 0 Å². The van der Waals surface area contributed by atoms with Gasteiger partial charge < -0.3 is 4.52 Å². The monoisotopic (exact) mass is 298 g/mol. The fourth-order valence-electron chi connectivity index (χ4n) is 1.63. The summed E-state index contributed by atoms with van der Waals surface area (Å²) in [6.45, 7) is 4.33. The maximum absolute atomic E-state index is 11.1. The van der Waals surface area contributed by atoms with Crippen LogP contribution in [0.4, 0.5) is 0 Å². The highest BCUT2D eigenvalue weighted by Gasteiger charge is 2.15. The van der Waals surface area contributed by atoms with Crippen molar-refractivity contribution >= 4 is 26.4 Å². The van der Waals surface area contributed by atoms with Crippen LogP contribution in [-0.2, 0) is 13.9 Å². The number of thioether (sulfide) groups is 1. The average molecular weight is 298 g/mol. The minimum Gasteiger partial charge on any atom is -0.373 e. The van der Waals surface area contributed by atoms with Gasteiger partial charge in [0.1, 0.15) is 0 Å². The lowest BCUT2D eigenvalue weighted by Crippen LogP contribution is -2.12. The molecular formula is C14H19O3PS. The summed E-state index contributed by atoms with van der Waals surface area (Å²) >= 11 is 1.83. The van der Waals surface area contributed by atoms with Gasteiger partial charge in [-0.25, -0.2) is 4.57 Å². The van der Waals surface area contributed by atoms with E-state index in [4.69, 9.17) is 0 Å². The number of benzene rings is 1. The topological polar surface area (TPSA) is 43.4 Å². The van der Waals surface area contributed by atoms with Crippen molar-refractivity contribution in [1.82, 2.24) is 0 Å². The molecule has 2 atom stereocenters. The lowest BCUT2D eigenvalue weighted by atomic mass is 9.93. The van der Waals surface area contributed by atoms with Crippen molar-refractivity contribution < 1.29 is 13.9 Å². The van der Waals surface area contributed by atoms with Crippen molar-refractivity contribution in [2.24, 2.45) is 11.8 Å². The minimum atomic E-state index is -0.556. The molecular weight excluding hydrogens is 279 g/mol. The second-order valence-corrected chi connectivity index (χ2v) is 6.08. The van der Waals surface area contributed by atoms with Gasteiger partial charge in [0.15, 0.2) is 0 Å². The van der Waals surface area contributed by atoms with E-state index in [-0.39, 0.29) is 0 Å². The fraction of sp³-hybridized carbons (Fsp3) is 0.500. The molecule has 2 unspecified atom stereocenters. The van der Waals surface area contributed by atoms with Crippen LogP contribution in [0.3, 0.4) is 0 Å². The summed E-state index contributed by atoms with van der Waals surface area (Å²) in [6, 6.07) is 10.3. The van der Waals surface area contributed by atoms with Crippen molar-refractivity contribution in [2.45, 2.75) is 31.6 Å². The average Bonchev–Trinajstić information content (AvgIpc) is 2.43. The largest absolute Gasteiger partial charge is 0.398 e. The highest BCUT2D eigenvalue weighted by Crippen LogP contribution is 2.26. The van der Waals surface area contributed by atoms with Crippen LogP contribution in [-0.4, -0.2) is 11.7 Å². The van der Waals surface area contributed by atoms with Gasteiger partial charge in [0, 0.05) is 17.1 Å². The summed E-state index contributed by atoms with van der Waals surface area (Å²) in [4.78, 5) is 12.4. The van der Waals surface area contributed by atoms with E-state index in [1.54, 1.807) is 0 Å². The molecule has 0 aliphatic carbocycles. The van der Waals surface area contributed by atoms with Crippen LogP contribution in [0.1, 0.15) is 26.7 Å². The van der Waals surface area contributed by atoms with Crippen molar-refractivity contribution in [3.05, 3.63) is 30.3 Å². The molecule has 0 spiro atoms. The summed E-state index contributed by atoms with van der Waals surface area (Å²) in [5.41, 5.74) is 0. The van der Waals surface area contributed by atoms with Crippen LogP contribution in [0, 0.1) is 11.8 Å². The zero-order valence-corrected chi connectivity index (χ0v) is 13.0. The number of carbonyl (C=O) groups excluding carboxylic acids is 1. The SMILES string of the molecule is CC(CCC(=O)OP=O)C(C)CSc1ccccc1. The van der Waals surface area contributed by atoms with Gasteiger partial charge >= 0.3 is 14.7 Å². The van der Waals surface area contributed by atoms with Crippen LogP contribution >= 0.6 is 20.4 Å². The van der Waals surface area contributed by atoms with Crippen LogP contribution in [0.15, 0.2) is 35.2 Å². The van der Waals surface area contributed by atoms with E-state index in [1.807, 2.05) is 30.0 Å². The van der Waals surface area contributed by atoms with Gasteiger partial charge in [0.2, 0.25) is 0 Å². The molecule has 1 aromatic rings. The lowest BCUT2D eigenvalue weighted by Gasteiger charge is -2.18. The van der Waals surface area contributed by atoms with Gasteiger partial charge in [-0.3, -0.25) is 4.79 Å². The quantitative estimate of drug-likeness (QED) is 0.520. The highest BCUT2D eigenvalue weighted by molar-refractivity contribution is 7.99. The summed E-state index contributed by atoms with van der Waals surface area (Å²) in [5.74, 6) is 1.58. The van der Waals surface area contributed by atoms with Gasteiger partial charge in [0.05, 0.1) is 0 Å². The second-order valence-electron chi connectivity index (χ2n) is 4.66. The molecule has 0 aliphatic heterocycles. The molecule has 3 nitrogen and oxygen atoms in total. The van der Waals surface area contributed by atoms with Gasteiger partial charge in [-0.1, -0.05) is 32.0 Å². The molecule has 0 heterocycles. The molecule has 5 heteroatoms. The Morgan fingerprint density at radius 2 is 1.95 bits per heavy atom. The van der Waals surface area contributed by atoms with E-state index in [2.05, 4.69) is 30.5 Å². The van der Waals surface area contributed by atoms with Gasteiger partial charge in [-0.2, -0.15) is 0 Å². The summed E-state index contributed by atoms with van der Waals surface area (Å²) < 4.78 is 14.5. The first-order valence-corrected chi connectivity index (χ1v) is 8.05. The van der Waals surface area contributed by atoms with Crippen LogP contribution in [0.5, 0.6) is 0 Å². The van der Waals surface area contributed by atoms with Crippen molar-refractivity contribution in [3.63, 3.8) is 0 Å². The molecule has 0 aromatic heterocycles. The van der Waals surface area contributed by atoms with Crippen molar-refractivity contribution in [2.75, 3.05) is 5.75 Å². The predicted octanol–water partition coefficient (Wildman–Crippen LogP) is 4.58. The standard InChI is InChI=1S/C14H19O3PS/c1-11(8-9-14(15)17-18-16)12(2)10-19-13-6-4-3-5-7-13/h3-7,11-12H,8-10H2,1-2H3. The van der Waals surface area contributed by atoms with Crippen LogP contribution in [0.2, 0.25) is 0 Å². The zero-order chi connectivity index (χ0) is 14.1. The third-order valence-corrected chi connectivity index (χ3v) is 4.75. The van der Waals surface area contributed by atoms with E-state index < -0.39 is 14.7 Å². The fourth-order valence-corrected chi connectivity index (χ4v) is 2.93. The Morgan fingerprint density at radius 1 is 1.26 bits per heavy atom. The highest BCUT2D eigenvalue weighted by atomic mass is 32.2. The van der Waals surface area contributed by atoms with E-state index in [1.165, 1.54) is 4.90 Å². The molecule has 0 bridgehead atoms. The summed E-state index contributed by atoms with van der Waals surface area (Å²) in [6.07, 6.45) is 1.10. The lowest BCUT2D eigenvalue weighted by molar-refractivity contribution is -0.133. The minimum absolute atomic E-state index is 0.330. The van der Waals surface area contributed by atoms with Gasteiger partial charge in [-0.15, -0.1) is 11.8 Å². The zero-order valence-electron chi connectivity index (χ0n) is 11.2. The molecule has 0 saturated heterocycles. The Hall–Kier alpha value is -0.860. The molecule has 0 aliphatic rings. The Balaban J connectivity index is 2.26. The predicted molar refractivity (Wildman–Crippen MR) is 78.4 cm³/mol. The van der Waals surface area contributed by atoms with Crippen molar-refractivity contribution in [3.8, 4) is 0 Å². The molecule has 1 aromatic carbocycles. The van der Waals surface area contributed by atoms with E-state index in [9.17, 15) is 9.36 Å². The third-order valence-electron chi connectivity index (χ3n) is 3.17. The Bertz CT molecular complexity index is 397. The number of rotatable bonds is 8. The molecule has 0 saturated carbocycles. The van der Waals surface area contributed by atoms with Crippen LogP contribution < -0.4 is 0 Å². The maximum atomic E-state index is 11.1. The molecule has 0 amide bonds. The first-order chi connectivity index (χ1) is 9.13. The number of carbonyl (C=O) groups is 1. The molecule has 19 heavy (non-hydrogen) atoms. The summed E-state index contributed by atoms with van der Waals surface area (Å²) in [7, 11) is -0.556. The Morgan fingerprint density at radius 3 is 2.58 bits per heavy atom. The Kier molecular flexibility index (Phi) is 7.76. The van der Waals surface area contributed by atoms with Gasteiger partial charge in [0.25, 0.3) is 0 Å². The summed E-state index contributed by atoms with van der Waals surface area (Å²) in [5, 5.41) is 0. The second kappa shape index (κ2) is 9.11. The van der Waals surface area contributed by atoms with E-state index in [0.717, 1.165) is 12.2 Å². The molecule has 0 radical (unpaired) electrons. The number of hydrogen-bond donors (Lipinski definition) is 0. The third kappa shape index (κ3) is 6.74. The smallest absolute Gasteiger partial charge is 0.373 e. The molecule has 0 N–H and O–H groups in total. The normalized spacial score (nSPS) is 14.0. The maximum Gasteiger partial charge on any atom is 0.398 e. The number of hydrogen-bond acceptors (Lipinski definition) is 4. The molecule has 0 fully saturated rings. The molecule has 1 rings (SSSR count). The first kappa shape index (κ1) is 16.2. The van der Waals surface area contributed by atoms with E-state index >= 15 is 0 Å². The first-order valence-electron chi connectivity index (χ1n) is 6.33. The van der Waals surface area contributed by atoms with E-state index in [0.29, 0.717) is 18.3 Å². The molecule has 104 valence electrons. The Labute approximate surface area is 120 Å². The van der Waals surface area contributed by atoms with Gasteiger partial charge in [-0.05, 0) is 30.4 Å². The van der Waals surface area contributed by atoms with Crippen LogP contribution in [0.25, 0.3) is 0 Å².